The molecule has 0 saturated carbocycles. The Hall–Kier alpha value is -2.59. The normalized spacial score (nSPS) is 22.6. The predicted molar refractivity (Wildman–Crippen MR) is 112 cm³/mol. The van der Waals surface area contributed by atoms with Crippen LogP contribution < -0.4 is 0 Å². The fraction of sp³-hybridized carbons (Fsp3) is 0.458. The van der Waals surface area contributed by atoms with Gasteiger partial charge in [-0.3, -0.25) is 9.69 Å². The minimum absolute atomic E-state index is 0.0359. The van der Waals surface area contributed by atoms with E-state index in [-0.39, 0.29) is 31.1 Å². The summed E-state index contributed by atoms with van der Waals surface area (Å²) in [6.45, 7) is 3.06. The Morgan fingerprint density at radius 2 is 1.44 bits per heavy atom. The molecule has 4 rings (SSSR count). The van der Waals surface area contributed by atoms with Crippen molar-refractivity contribution in [2.24, 2.45) is 0 Å². The first kappa shape index (κ1) is 24.5. The second kappa shape index (κ2) is 9.58. The van der Waals surface area contributed by atoms with Gasteiger partial charge in [-0.15, -0.1) is 0 Å². The fourth-order valence-electron chi connectivity index (χ4n) is 4.76. The smallest absolute Gasteiger partial charge is 0.379 e. The van der Waals surface area contributed by atoms with Crippen molar-refractivity contribution in [3.8, 4) is 0 Å². The van der Waals surface area contributed by atoms with Crippen LogP contribution in [0.2, 0.25) is 0 Å². The van der Waals surface area contributed by atoms with Gasteiger partial charge in [-0.05, 0) is 30.2 Å². The second-order valence-corrected chi connectivity index (χ2v) is 8.57. The molecular weight excluding hydrogens is 462 g/mol. The van der Waals surface area contributed by atoms with E-state index < -0.39 is 35.0 Å². The van der Waals surface area contributed by atoms with Crippen LogP contribution in [0.5, 0.6) is 0 Å². The standard InChI is InChI=1S/C24H24F6N2O2/c25-23(26,27)18-12-17(13-19(14-18)24(28,29)30)22(33)32-7-6-21(31-8-10-34-11-9-31)20(15-32)16-4-2-1-3-5-16/h1-5,12-14,20-21H,6-11,15H2/t20-,21-/m1/s1. The number of hydrogen-bond acceptors (Lipinski definition) is 3. The summed E-state index contributed by atoms with van der Waals surface area (Å²) in [4.78, 5) is 16.8. The summed E-state index contributed by atoms with van der Waals surface area (Å²) in [6.07, 6.45) is -9.46. The van der Waals surface area contributed by atoms with Crippen molar-refractivity contribution in [1.82, 2.24) is 9.80 Å². The lowest BCUT2D eigenvalue weighted by atomic mass is 9.84. The number of amides is 1. The van der Waals surface area contributed by atoms with Crippen molar-refractivity contribution >= 4 is 5.91 Å². The number of rotatable bonds is 3. The Bertz CT molecular complexity index is 971. The maximum Gasteiger partial charge on any atom is 0.416 e. The van der Waals surface area contributed by atoms with Gasteiger partial charge in [0.2, 0.25) is 0 Å². The molecule has 1 amide bonds. The summed E-state index contributed by atoms with van der Waals surface area (Å²) in [5.74, 6) is -0.970. The largest absolute Gasteiger partial charge is 0.416 e. The molecule has 2 aromatic carbocycles. The summed E-state index contributed by atoms with van der Waals surface area (Å²) < 4.78 is 85.1. The number of carbonyl (C=O) groups is 1. The molecule has 10 heteroatoms. The molecular formula is C24H24F6N2O2. The summed E-state index contributed by atoms with van der Waals surface area (Å²) in [6, 6.07) is 10.6. The third kappa shape index (κ3) is 5.38. The number of likely N-dealkylation sites (tertiary alicyclic amines) is 1. The van der Waals surface area contributed by atoms with Gasteiger partial charge in [0.25, 0.3) is 5.91 Å². The first-order valence-corrected chi connectivity index (χ1v) is 11.0. The Morgan fingerprint density at radius 3 is 2.00 bits per heavy atom. The van der Waals surface area contributed by atoms with Gasteiger partial charge in [0, 0.05) is 43.7 Å². The lowest BCUT2D eigenvalue weighted by Gasteiger charge is -2.45. The molecule has 2 saturated heterocycles. The highest BCUT2D eigenvalue weighted by atomic mass is 19.4. The number of morpholine rings is 1. The molecule has 0 spiro atoms. The van der Waals surface area contributed by atoms with E-state index in [1.807, 2.05) is 30.3 Å². The van der Waals surface area contributed by atoms with E-state index in [4.69, 9.17) is 4.74 Å². The predicted octanol–water partition coefficient (Wildman–Crippen LogP) is 5.05. The Labute approximate surface area is 193 Å². The topological polar surface area (TPSA) is 32.8 Å². The molecule has 0 N–H and O–H groups in total. The highest BCUT2D eigenvalue weighted by Gasteiger charge is 2.40. The maximum atomic E-state index is 13.3. The summed E-state index contributed by atoms with van der Waals surface area (Å²) in [5, 5.41) is 0. The third-order valence-corrected chi connectivity index (χ3v) is 6.44. The van der Waals surface area contributed by atoms with Crippen LogP contribution in [0.4, 0.5) is 26.3 Å². The molecule has 0 radical (unpaired) electrons. The number of halogens is 6. The molecule has 0 bridgehead atoms. The van der Waals surface area contributed by atoms with Crippen molar-refractivity contribution in [2.45, 2.75) is 30.7 Å². The monoisotopic (exact) mass is 486 g/mol. The van der Waals surface area contributed by atoms with Crippen molar-refractivity contribution in [3.63, 3.8) is 0 Å². The number of piperidine rings is 1. The first-order chi connectivity index (χ1) is 16.0. The van der Waals surface area contributed by atoms with Gasteiger partial charge < -0.3 is 9.64 Å². The molecule has 34 heavy (non-hydrogen) atoms. The zero-order valence-corrected chi connectivity index (χ0v) is 18.2. The van der Waals surface area contributed by atoms with Crippen molar-refractivity contribution in [1.29, 1.82) is 0 Å². The quantitative estimate of drug-likeness (QED) is 0.569. The highest BCUT2D eigenvalue weighted by molar-refractivity contribution is 5.95. The Morgan fingerprint density at radius 1 is 0.853 bits per heavy atom. The summed E-state index contributed by atoms with van der Waals surface area (Å²) in [5.41, 5.74) is -2.63. The van der Waals surface area contributed by atoms with E-state index in [0.717, 1.165) is 18.7 Å². The van der Waals surface area contributed by atoms with Crippen LogP contribution in [-0.4, -0.2) is 61.1 Å². The van der Waals surface area contributed by atoms with Crippen LogP contribution in [0.15, 0.2) is 48.5 Å². The van der Waals surface area contributed by atoms with Crippen LogP contribution in [0.1, 0.15) is 39.4 Å². The zero-order valence-electron chi connectivity index (χ0n) is 18.2. The molecule has 2 heterocycles. The number of ether oxygens (including phenoxy) is 1. The zero-order chi connectivity index (χ0) is 24.5. The van der Waals surface area contributed by atoms with Crippen LogP contribution >= 0.6 is 0 Å². The number of hydrogen-bond donors (Lipinski definition) is 0. The average molecular weight is 486 g/mol. The Kier molecular flexibility index (Phi) is 6.91. The van der Waals surface area contributed by atoms with E-state index in [0.29, 0.717) is 31.8 Å². The summed E-state index contributed by atoms with van der Waals surface area (Å²) in [7, 11) is 0. The molecule has 2 fully saturated rings. The number of nitrogens with zero attached hydrogens (tertiary/aromatic N) is 2. The third-order valence-electron chi connectivity index (χ3n) is 6.44. The minimum atomic E-state index is -5.01. The van der Waals surface area contributed by atoms with Gasteiger partial charge >= 0.3 is 12.4 Å². The first-order valence-electron chi connectivity index (χ1n) is 11.0. The van der Waals surface area contributed by atoms with Crippen LogP contribution in [-0.2, 0) is 17.1 Å². The molecule has 0 unspecified atom stereocenters. The van der Waals surface area contributed by atoms with Gasteiger partial charge in [0.05, 0.1) is 24.3 Å². The maximum absolute atomic E-state index is 13.3. The van der Waals surface area contributed by atoms with Gasteiger partial charge in [0.15, 0.2) is 0 Å². The molecule has 2 aromatic rings. The van der Waals surface area contributed by atoms with Gasteiger partial charge in [-0.1, -0.05) is 30.3 Å². The average Bonchev–Trinajstić information content (AvgIpc) is 2.83. The molecule has 2 aliphatic heterocycles. The highest BCUT2D eigenvalue weighted by Crippen LogP contribution is 2.37. The van der Waals surface area contributed by atoms with E-state index in [2.05, 4.69) is 4.90 Å². The van der Waals surface area contributed by atoms with Crippen LogP contribution in [0.25, 0.3) is 0 Å². The van der Waals surface area contributed by atoms with Crippen LogP contribution in [0.3, 0.4) is 0 Å². The number of benzene rings is 2. The fourth-order valence-corrected chi connectivity index (χ4v) is 4.76. The lowest BCUT2D eigenvalue weighted by Crippen LogP contribution is -2.54. The Balaban J connectivity index is 1.64. The van der Waals surface area contributed by atoms with Crippen molar-refractivity contribution < 1.29 is 35.9 Å². The SMILES string of the molecule is O=C(c1cc(C(F)(F)F)cc(C(F)(F)F)c1)N1CC[C@@H](N2CCOCC2)[C@@H](c2ccccc2)C1. The molecule has 0 aromatic heterocycles. The van der Waals surface area contributed by atoms with Crippen molar-refractivity contribution in [2.75, 3.05) is 39.4 Å². The second-order valence-electron chi connectivity index (χ2n) is 8.57. The molecule has 0 aliphatic carbocycles. The summed E-state index contributed by atoms with van der Waals surface area (Å²) >= 11 is 0. The van der Waals surface area contributed by atoms with E-state index >= 15 is 0 Å². The van der Waals surface area contributed by atoms with E-state index in [1.165, 1.54) is 4.90 Å². The van der Waals surface area contributed by atoms with E-state index in [1.54, 1.807) is 0 Å². The molecule has 2 atom stereocenters. The minimum Gasteiger partial charge on any atom is -0.379 e. The van der Waals surface area contributed by atoms with E-state index in [9.17, 15) is 31.1 Å². The molecule has 4 nitrogen and oxygen atoms in total. The number of alkyl halides is 6. The van der Waals surface area contributed by atoms with Crippen LogP contribution in [0, 0.1) is 0 Å². The molecule has 184 valence electrons. The molecule has 2 aliphatic rings. The van der Waals surface area contributed by atoms with Crippen molar-refractivity contribution in [3.05, 3.63) is 70.8 Å². The number of carbonyl (C=O) groups excluding carboxylic acids is 1. The van der Waals surface area contributed by atoms with Gasteiger partial charge in [0.1, 0.15) is 0 Å². The van der Waals surface area contributed by atoms with Gasteiger partial charge in [-0.25, -0.2) is 0 Å². The van der Waals surface area contributed by atoms with Gasteiger partial charge in [-0.2, -0.15) is 26.3 Å². The lowest BCUT2D eigenvalue weighted by molar-refractivity contribution is -0.143.